The van der Waals surface area contributed by atoms with Crippen LogP contribution in [-0.2, 0) is 4.74 Å². The van der Waals surface area contributed by atoms with Gasteiger partial charge < -0.3 is 10.5 Å². The van der Waals surface area contributed by atoms with Crippen LogP contribution in [0.2, 0.25) is 0 Å². The van der Waals surface area contributed by atoms with Gasteiger partial charge in [0, 0.05) is 12.3 Å². The fourth-order valence-electron chi connectivity index (χ4n) is 1.51. The highest BCUT2D eigenvalue weighted by molar-refractivity contribution is 5.88. The lowest BCUT2D eigenvalue weighted by atomic mass is 10.3. The quantitative estimate of drug-likeness (QED) is 0.500. The van der Waals surface area contributed by atoms with Crippen molar-refractivity contribution in [2.75, 3.05) is 12.3 Å². The number of esters is 1. The molecule has 0 aliphatic heterocycles. The molecule has 0 aromatic carbocycles. The first-order valence-electron chi connectivity index (χ1n) is 5.66. The molecule has 0 saturated heterocycles. The maximum atomic E-state index is 11.5. The van der Waals surface area contributed by atoms with E-state index in [1.165, 1.54) is 29.2 Å². The van der Waals surface area contributed by atoms with E-state index in [2.05, 4.69) is 10.1 Å². The number of nitrogens with zero attached hydrogens (tertiary/aromatic N) is 4. The van der Waals surface area contributed by atoms with Crippen LogP contribution >= 0.6 is 0 Å². The van der Waals surface area contributed by atoms with Gasteiger partial charge in [0.1, 0.15) is 0 Å². The number of hydrogen-bond acceptors (Lipinski definition) is 7. The first-order chi connectivity index (χ1) is 9.52. The van der Waals surface area contributed by atoms with Gasteiger partial charge in [0.2, 0.25) is 5.82 Å². The van der Waals surface area contributed by atoms with Crippen LogP contribution in [0.15, 0.2) is 24.5 Å². The fourth-order valence-corrected chi connectivity index (χ4v) is 1.51. The third kappa shape index (κ3) is 2.55. The van der Waals surface area contributed by atoms with Gasteiger partial charge in [-0.15, -0.1) is 0 Å². The molecule has 0 bridgehead atoms. The van der Waals surface area contributed by atoms with E-state index in [-0.39, 0.29) is 29.5 Å². The minimum atomic E-state index is -0.626. The van der Waals surface area contributed by atoms with Crippen LogP contribution in [0.1, 0.15) is 17.3 Å². The molecule has 0 saturated carbocycles. The van der Waals surface area contributed by atoms with E-state index < -0.39 is 10.9 Å². The summed E-state index contributed by atoms with van der Waals surface area (Å²) in [5.41, 5.74) is 5.46. The normalized spacial score (nSPS) is 10.2. The number of rotatable bonds is 4. The van der Waals surface area contributed by atoms with Crippen LogP contribution in [-0.4, -0.2) is 32.3 Å². The Morgan fingerprint density at radius 3 is 2.90 bits per heavy atom. The molecule has 0 aliphatic carbocycles. The van der Waals surface area contributed by atoms with Gasteiger partial charge >= 0.3 is 11.7 Å². The lowest BCUT2D eigenvalue weighted by Gasteiger charge is -2.01. The highest BCUT2D eigenvalue weighted by Crippen LogP contribution is 2.20. The molecular weight excluding hydrogens is 266 g/mol. The van der Waals surface area contributed by atoms with Gasteiger partial charge in [-0.05, 0) is 13.0 Å². The number of carbonyl (C=O) groups excluding carboxylic acids is 1. The van der Waals surface area contributed by atoms with E-state index in [1.807, 2.05) is 0 Å². The van der Waals surface area contributed by atoms with Crippen molar-refractivity contribution in [2.24, 2.45) is 0 Å². The van der Waals surface area contributed by atoms with Gasteiger partial charge in [0.05, 0.1) is 23.3 Å². The molecular formula is C11H11N5O4. The third-order valence-electron chi connectivity index (χ3n) is 2.41. The van der Waals surface area contributed by atoms with Gasteiger partial charge in [-0.25, -0.2) is 14.5 Å². The average molecular weight is 277 g/mol. The van der Waals surface area contributed by atoms with Gasteiger partial charge in [0.15, 0.2) is 5.82 Å². The zero-order valence-corrected chi connectivity index (χ0v) is 10.5. The minimum absolute atomic E-state index is 0.222. The number of nitro groups is 1. The molecule has 0 amide bonds. The summed E-state index contributed by atoms with van der Waals surface area (Å²) in [5, 5.41) is 14.6. The van der Waals surface area contributed by atoms with Gasteiger partial charge in [0.25, 0.3) is 0 Å². The summed E-state index contributed by atoms with van der Waals surface area (Å²) < 4.78 is 6.11. The van der Waals surface area contributed by atoms with Crippen molar-refractivity contribution in [2.45, 2.75) is 6.92 Å². The molecule has 0 spiro atoms. The highest BCUT2D eigenvalue weighted by Gasteiger charge is 2.15. The zero-order chi connectivity index (χ0) is 14.7. The molecule has 9 heteroatoms. The predicted molar refractivity (Wildman–Crippen MR) is 68.4 cm³/mol. The van der Waals surface area contributed by atoms with E-state index in [1.54, 1.807) is 6.92 Å². The van der Waals surface area contributed by atoms with Crippen molar-refractivity contribution < 1.29 is 14.5 Å². The molecule has 9 nitrogen and oxygen atoms in total. The molecule has 0 atom stereocenters. The second kappa shape index (κ2) is 5.34. The zero-order valence-electron chi connectivity index (χ0n) is 10.5. The van der Waals surface area contributed by atoms with E-state index in [4.69, 9.17) is 10.5 Å². The molecule has 20 heavy (non-hydrogen) atoms. The van der Waals surface area contributed by atoms with Crippen molar-refractivity contribution in [3.8, 4) is 5.82 Å². The smallest absolute Gasteiger partial charge is 0.341 e. The van der Waals surface area contributed by atoms with E-state index >= 15 is 0 Å². The van der Waals surface area contributed by atoms with Crippen molar-refractivity contribution in [3.05, 3.63) is 40.2 Å². The molecule has 2 aromatic rings. The number of pyridine rings is 1. The largest absolute Gasteiger partial charge is 0.462 e. The number of anilines is 1. The van der Waals surface area contributed by atoms with Crippen LogP contribution in [0.4, 0.5) is 11.5 Å². The standard InChI is InChI=1S/C11H11N5O4/c1-2-20-11(17)7-5-13-15(6-7)9-4-3-8(16(18)19)10(12)14-9/h3-6H,2H2,1H3,(H2,12,14). The second-order valence-electron chi connectivity index (χ2n) is 3.72. The summed E-state index contributed by atoms with van der Waals surface area (Å²) in [6.45, 7) is 1.95. The molecule has 0 radical (unpaired) electrons. The topological polar surface area (TPSA) is 126 Å². The summed E-state index contributed by atoms with van der Waals surface area (Å²) in [6.07, 6.45) is 2.73. The van der Waals surface area contributed by atoms with E-state index in [9.17, 15) is 14.9 Å². The molecule has 2 aromatic heterocycles. The molecule has 104 valence electrons. The maximum Gasteiger partial charge on any atom is 0.341 e. The lowest BCUT2D eigenvalue weighted by molar-refractivity contribution is -0.384. The van der Waals surface area contributed by atoms with Crippen LogP contribution in [0.3, 0.4) is 0 Å². The van der Waals surface area contributed by atoms with Crippen LogP contribution < -0.4 is 5.73 Å². The Labute approximate surface area is 113 Å². The Balaban J connectivity index is 2.31. The Kier molecular flexibility index (Phi) is 3.60. The Bertz CT molecular complexity index is 667. The van der Waals surface area contributed by atoms with Crippen molar-refractivity contribution in [1.29, 1.82) is 0 Å². The maximum absolute atomic E-state index is 11.5. The van der Waals surface area contributed by atoms with Gasteiger partial charge in [-0.2, -0.15) is 5.10 Å². The Morgan fingerprint density at radius 2 is 2.30 bits per heavy atom. The predicted octanol–water partition coefficient (Wildman–Crippen LogP) is 0.934. The van der Waals surface area contributed by atoms with Crippen molar-refractivity contribution in [3.63, 3.8) is 0 Å². The molecule has 2 heterocycles. The summed E-state index contributed by atoms with van der Waals surface area (Å²) >= 11 is 0. The van der Waals surface area contributed by atoms with Crippen LogP contribution in [0.5, 0.6) is 0 Å². The average Bonchev–Trinajstić information content (AvgIpc) is 2.88. The molecule has 0 unspecified atom stereocenters. The summed E-state index contributed by atoms with van der Waals surface area (Å²) in [5.74, 6) is -0.460. The lowest BCUT2D eigenvalue weighted by Crippen LogP contribution is -2.05. The summed E-state index contributed by atoms with van der Waals surface area (Å²) in [6, 6.07) is 2.61. The van der Waals surface area contributed by atoms with E-state index in [0.717, 1.165) is 0 Å². The molecule has 0 aliphatic rings. The first kappa shape index (κ1) is 13.5. The third-order valence-corrected chi connectivity index (χ3v) is 2.41. The summed E-state index contributed by atoms with van der Waals surface area (Å²) in [4.78, 5) is 25.4. The number of carbonyl (C=O) groups is 1. The Morgan fingerprint density at radius 1 is 1.55 bits per heavy atom. The highest BCUT2D eigenvalue weighted by atomic mass is 16.6. The monoisotopic (exact) mass is 277 g/mol. The van der Waals surface area contributed by atoms with Crippen molar-refractivity contribution >= 4 is 17.5 Å². The molecule has 2 N–H and O–H groups in total. The SMILES string of the molecule is CCOC(=O)c1cnn(-c2ccc([N+](=O)[O-])c(N)n2)c1. The van der Waals surface area contributed by atoms with Crippen LogP contribution in [0.25, 0.3) is 5.82 Å². The van der Waals surface area contributed by atoms with Crippen molar-refractivity contribution in [1.82, 2.24) is 14.8 Å². The number of nitrogens with two attached hydrogens (primary N) is 1. The first-order valence-corrected chi connectivity index (χ1v) is 5.66. The number of aromatic nitrogens is 3. The number of nitrogen functional groups attached to an aromatic ring is 1. The van der Waals surface area contributed by atoms with E-state index in [0.29, 0.717) is 0 Å². The van der Waals surface area contributed by atoms with Crippen LogP contribution in [0, 0.1) is 10.1 Å². The van der Waals surface area contributed by atoms with Gasteiger partial charge in [-0.3, -0.25) is 10.1 Å². The molecule has 0 fully saturated rings. The Hall–Kier alpha value is -2.97. The molecule has 2 rings (SSSR count). The second-order valence-corrected chi connectivity index (χ2v) is 3.72. The number of hydrogen-bond donors (Lipinski definition) is 1. The summed E-state index contributed by atoms with van der Waals surface area (Å²) in [7, 11) is 0. The van der Waals surface area contributed by atoms with Gasteiger partial charge in [-0.1, -0.05) is 0 Å². The fraction of sp³-hybridized carbons (Fsp3) is 0.182. The number of ether oxygens (including phenoxy) is 1. The minimum Gasteiger partial charge on any atom is -0.462 e.